The molecule has 0 saturated heterocycles. The summed E-state index contributed by atoms with van der Waals surface area (Å²) in [6, 6.07) is 26.0. The van der Waals surface area contributed by atoms with Gasteiger partial charge in [0.1, 0.15) is 28.9 Å². The highest BCUT2D eigenvalue weighted by molar-refractivity contribution is 9.10. The average molecular weight is 993 g/mol. The minimum absolute atomic E-state index is 0.127. The molecule has 0 aliphatic rings. The molecule has 0 atom stereocenters. The first kappa shape index (κ1) is 48.0. The number of ketones is 2. The van der Waals surface area contributed by atoms with Crippen molar-refractivity contribution in [3.05, 3.63) is 167 Å². The molecule has 0 aliphatic carbocycles. The molecule has 0 spiro atoms. The van der Waals surface area contributed by atoms with Crippen molar-refractivity contribution in [1.82, 2.24) is 34.9 Å². The molecule has 9 aromatic rings. The van der Waals surface area contributed by atoms with E-state index in [0.29, 0.717) is 50.2 Å². The van der Waals surface area contributed by atoms with Gasteiger partial charge in [-0.25, -0.2) is 29.9 Å². The van der Waals surface area contributed by atoms with Crippen LogP contribution in [0.1, 0.15) is 31.8 Å². The summed E-state index contributed by atoms with van der Waals surface area (Å²) in [5.41, 5.74) is 30.4. The second-order valence-electron chi connectivity index (χ2n) is 14.7. The van der Waals surface area contributed by atoms with Crippen molar-refractivity contribution >= 4 is 61.8 Å². The Labute approximate surface area is 402 Å². The number of halogens is 2. The second kappa shape index (κ2) is 21.6. The molecule has 0 amide bonds. The maximum Gasteiger partial charge on any atom is 0.212 e. The van der Waals surface area contributed by atoms with E-state index in [1.165, 1.54) is 18.5 Å². The fraction of sp³-hybridized carbons (Fsp3) is 0.0800. The molecular weight excluding hydrogens is 950 g/mol. The standard InChI is InChI=1S/C20H18N4O2.C19H18N4O3.C11H7BrFN3O/c1-25-17-5-3-12(8-18(17)26-2)14-7-15-16(11-24-20(15)23-10-14)13-4-6-19(21)22-9-13;1-25-15-5-3-11(8-16(15)26-2)13-7-14(19(21)23-10-13)18(24)12-4-6-17(20)22-9-12;12-7-3-8(11(14)16-5-7)10(17)6-1-2-9(13)15-4-6/h3-11H,1-2H3,(H2,21,22)(H,23,24);3-10H,1-2H3,(H2,20,22)(H2,21,23);1-5H,(H2,14,16). The number of fused-ring (bicyclic) bond motifs is 1. The van der Waals surface area contributed by atoms with Gasteiger partial charge in [0, 0.05) is 86.6 Å². The van der Waals surface area contributed by atoms with Gasteiger partial charge in [0.15, 0.2) is 34.6 Å². The molecule has 7 heterocycles. The third kappa shape index (κ3) is 11.2. The van der Waals surface area contributed by atoms with Crippen LogP contribution in [0.25, 0.3) is 44.4 Å². The van der Waals surface area contributed by atoms with E-state index in [1.54, 1.807) is 77.2 Å². The lowest BCUT2D eigenvalue weighted by Crippen LogP contribution is -2.08. The molecule has 17 nitrogen and oxygen atoms in total. The van der Waals surface area contributed by atoms with Gasteiger partial charge < -0.3 is 46.9 Å². The van der Waals surface area contributed by atoms with Crippen molar-refractivity contribution in [1.29, 1.82) is 0 Å². The SMILES string of the molecule is COc1ccc(-c2cnc(N)c(C(=O)c3ccc(N)nc3)c2)cc1OC.COc1ccc(-c2cnc3[nH]cc(-c4ccc(N)nc4)c3c2)cc1OC.Nc1ncc(Br)cc1C(=O)c1ccc(F)nc1. The highest BCUT2D eigenvalue weighted by Gasteiger charge is 2.18. The highest BCUT2D eigenvalue weighted by atomic mass is 79.9. The average Bonchev–Trinajstić information content (AvgIpc) is 3.81. The van der Waals surface area contributed by atoms with Gasteiger partial charge in [-0.2, -0.15) is 4.39 Å². The molecule has 0 aliphatic heterocycles. The molecule has 0 bridgehead atoms. The molecule has 0 radical (unpaired) electrons. The van der Waals surface area contributed by atoms with Crippen molar-refractivity contribution in [3.8, 4) is 56.4 Å². The van der Waals surface area contributed by atoms with Crippen LogP contribution in [0.3, 0.4) is 0 Å². The Morgan fingerprint density at radius 3 is 1.54 bits per heavy atom. The third-order valence-electron chi connectivity index (χ3n) is 10.4. The second-order valence-corrected chi connectivity index (χ2v) is 15.6. The van der Waals surface area contributed by atoms with Crippen molar-refractivity contribution in [2.75, 3.05) is 51.4 Å². The number of hydrogen-bond acceptors (Lipinski definition) is 16. The number of methoxy groups -OCH3 is 4. The molecule has 9 N–H and O–H groups in total. The molecule has 2 aromatic carbocycles. The van der Waals surface area contributed by atoms with E-state index in [9.17, 15) is 14.0 Å². The molecule has 0 saturated carbocycles. The Morgan fingerprint density at radius 2 is 1.00 bits per heavy atom. The summed E-state index contributed by atoms with van der Waals surface area (Å²) in [6.45, 7) is 0. The smallest absolute Gasteiger partial charge is 0.212 e. The molecule has 7 aromatic heterocycles. The fourth-order valence-electron chi connectivity index (χ4n) is 6.80. The number of aromatic nitrogens is 7. The molecule has 0 fully saturated rings. The minimum Gasteiger partial charge on any atom is -0.493 e. The topological polar surface area (TPSA) is 268 Å². The maximum absolute atomic E-state index is 12.7. The van der Waals surface area contributed by atoms with Crippen LogP contribution in [0.4, 0.5) is 27.7 Å². The Bertz CT molecular complexity index is 3280. The summed E-state index contributed by atoms with van der Waals surface area (Å²) in [5, 5.41) is 1.02. The van der Waals surface area contributed by atoms with Gasteiger partial charge in [0.25, 0.3) is 0 Å². The number of rotatable bonds is 11. The molecule has 348 valence electrons. The van der Waals surface area contributed by atoms with E-state index in [4.69, 9.17) is 41.9 Å². The number of ether oxygens (including phenoxy) is 4. The number of pyridine rings is 6. The third-order valence-corrected chi connectivity index (χ3v) is 10.8. The number of H-pyrrole nitrogens is 1. The fourth-order valence-corrected chi connectivity index (χ4v) is 7.14. The van der Waals surface area contributed by atoms with Crippen LogP contribution in [0.15, 0.2) is 139 Å². The lowest BCUT2D eigenvalue weighted by molar-refractivity contribution is 0.103. The van der Waals surface area contributed by atoms with Gasteiger partial charge in [-0.3, -0.25) is 9.59 Å². The van der Waals surface area contributed by atoms with Crippen LogP contribution >= 0.6 is 15.9 Å². The Balaban J connectivity index is 0.000000157. The number of nitrogen functional groups attached to an aromatic ring is 4. The predicted octanol–water partition coefficient (Wildman–Crippen LogP) is 8.64. The van der Waals surface area contributed by atoms with Crippen LogP contribution in [0.2, 0.25) is 0 Å². The quantitative estimate of drug-likeness (QED) is 0.0599. The predicted molar refractivity (Wildman–Crippen MR) is 266 cm³/mol. The summed E-state index contributed by atoms with van der Waals surface area (Å²) in [6.07, 6.45) is 11.2. The zero-order valence-electron chi connectivity index (χ0n) is 37.4. The maximum atomic E-state index is 12.7. The highest BCUT2D eigenvalue weighted by Crippen LogP contribution is 2.36. The Kier molecular flexibility index (Phi) is 15.0. The molecule has 0 unspecified atom stereocenters. The zero-order valence-corrected chi connectivity index (χ0v) is 39.0. The number of nitrogens with one attached hydrogen (secondary N) is 1. The molecule has 9 rings (SSSR count). The van der Waals surface area contributed by atoms with E-state index in [2.05, 4.69) is 56.9 Å². The van der Waals surface area contributed by atoms with Gasteiger partial charge in [0.05, 0.1) is 39.6 Å². The van der Waals surface area contributed by atoms with Crippen LogP contribution < -0.4 is 41.9 Å². The first-order valence-electron chi connectivity index (χ1n) is 20.5. The number of carbonyl (C=O) groups excluding carboxylic acids is 2. The summed E-state index contributed by atoms with van der Waals surface area (Å²) in [5.74, 6) is 2.43. The number of anilines is 4. The first-order valence-corrected chi connectivity index (χ1v) is 21.3. The minimum atomic E-state index is -0.637. The van der Waals surface area contributed by atoms with Gasteiger partial charge in [0.2, 0.25) is 5.95 Å². The summed E-state index contributed by atoms with van der Waals surface area (Å²) in [7, 11) is 6.38. The Morgan fingerprint density at radius 1 is 0.507 bits per heavy atom. The van der Waals surface area contributed by atoms with Gasteiger partial charge in [-0.05, 0) is 106 Å². The lowest BCUT2D eigenvalue weighted by atomic mass is 10.0. The van der Waals surface area contributed by atoms with E-state index in [1.807, 2.05) is 48.8 Å². The lowest BCUT2D eigenvalue weighted by Gasteiger charge is -2.11. The molecule has 19 heteroatoms. The van der Waals surface area contributed by atoms with Crippen LogP contribution in [0, 0.1) is 5.95 Å². The van der Waals surface area contributed by atoms with Gasteiger partial charge >= 0.3 is 0 Å². The van der Waals surface area contributed by atoms with Gasteiger partial charge in [-0.1, -0.05) is 12.1 Å². The van der Waals surface area contributed by atoms with Crippen molar-refractivity contribution < 1.29 is 32.9 Å². The number of nitrogens with zero attached hydrogens (tertiary/aromatic N) is 6. The van der Waals surface area contributed by atoms with Crippen molar-refractivity contribution in [2.24, 2.45) is 0 Å². The number of hydrogen-bond donors (Lipinski definition) is 5. The summed E-state index contributed by atoms with van der Waals surface area (Å²) >= 11 is 3.20. The van der Waals surface area contributed by atoms with E-state index >= 15 is 0 Å². The van der Waals surface area contributed by atoms with Crippen LogP contribution in [-0.2, 0) is 0 Å². The summed E-state index contributed by atoms with van der Waals surface area (Å²) in [4.78, 5) is 52.1. The van der Waals surface area contributed by atoms with E-state index in [-0.39, 0.29) is 34.3 Å². The number of benzene rings is 2. The van der Waals surface area contributed by atoms with Crippen LogP contribution in [-0.4, -0.2) is 74.9 Å². The van der Waals surface area contributed by atoms with Crippen molar-refractivity contribution in [2.45, 2.75) is 0 Å². The van der Waals surface area contributed by atoms with E-state index in [0.717, 1.165) is 56.7 Å². The van der Waals surface area contributed by atoms with Gasteiger partial charge in [-0.15, -0.1) is 0 Å². The van der Waals surface area contributed by atoms with Crippen LogP contribution in [0.5, 0.6) is 23.0 Å². The Hall–Kier alpha value is -8.97. The number of aromatic amines is 1. The monoisotopic (exact) mass is 991 g/mol. The van der Waals surface area contributed by atoms with E-state index < -0.39 is 5.95 Å². The first-order chi connectivity index (χ1) is 33.3. The summed E-state index contributed by atoms with van der Waals surface area (Å²) < 4.78 is 34.6. The number of nitrogens with two attached hydrogens (primary N) is 4. The zero-order chi connectivity index (χ0) is 49.2. The van der Waals surface area contributed by atoms with Crippen molar-refractivity contribution in [3.63, 3.8) is 0 Å². The largest absolute Gasteiger partial charge is 0.493 e. The number of carbonyl (C=O) groups is 2. The molecular formula is C50H43BrFN11O6. The molecule has 69 heavy (non-hydrogen) atoms. The normalized spacial score (nSPS) is 10.5.